The Morgan fingerprint density at radius 2 is 2.32 bits per heavy atom. The van der Waals surface area contributed by atoms with Gasteiger partial charge in [-0.1, -0.05) is 12.1 Å². The molecule has 0 aromatic carbocycles. The highest BCUT2D eigenvalue weighted by molar-refractivity contribution is 7.17. The lowest BCUT2D eigenvalue weighted by atomic mass is 9.88. The van der Waals surface area contributed by atoms with Crippen LogP contribution in [0.15, 0.2) is 0 Å². The second-order valence-electron chi connectivity index (χ2n) is 5.47. The van der Waals surface area contributed by atoms with Gasteiger partial charge in [0.25, 0.3) is 5.91 Å². The number of rotatable bonds is 4. The van der Waals surface area contributed by atoms with E-state index in [1.807, 2.05) is 0 Å². The third kappa shape index (κ3) is 2.84. The van der Waals surface area contributed by atoms with E-state index in [9.17, 15) is 9.59 Å². The summed E-state index contributed by atoms with van der Waals surface area (Å²) in [5, 5.41) is 16.4. The number of nitrogens with two attached hydrogens (primary N) is 1. The minimum atomic E-state index is -0.498. The van der Waals surface area contributed by atoms with Gasteiger partial charge in [0.05, 0.1) is 12.0 Å². The number of thiophene rings is 1. The molecule has 2 aromatic heterocycles. The Kier molecular flexibility index (Phi) is 3.88. The normalized spacial score (nSPS) is 17.0. The molecule has 22 heavy (non-hydrogen) atoms. The largest absolute Gasteiger partial charge is 0.365 e. The molecule has 0 bridgehead atoms. The minimum absolute atomic E-state index is 0.00628. The fourth-order valence-electron chi connectivity index (χ4n) is 2.67. The zero-order valence-electron chi connectivity index (χ0n) is 12.0. The lowest BCUT2D eigenvalue weighted by molar-refractivity contribution is -0.115. The smallest absolute Gasteiger partial charge is 0.251 e. The van der Waals surface area contributed by atoms with E-state index in [1.165, 1.54) is 11.3 Å². The van der Waals surface area contributed by atoms with Gasteiger partial charge in [0.1, 0.15) is 5.00 Å². The molecule has 1 aliphatic carbocycles. The molecule has 0 aliphatic heterocycles. The number of carbonyl (C=O) groups excluding carboxylic acids is 2. The summed E-state index contributed by atoms with van der Waals surface area (Å²) in [5.41, 5.74) is 6.95. The van der Waals surface area contributed by atoms with Gasteiger partial charge in [-0.2, -0.15) is 5.21 Å². The van der Waals surface area contributed by atoms with Crippen LogP contribution in [0.3, 0.4) is 0 Å². The van der Waals surface area contributed by atoms with Crippen LogP contribution in [0.5, 0.6) is 0 Å². The van der Waals surface area contributed by atoms with E-state index in [0.29, 0.717) is 22.3 Å². The number of H-pyrrole nitrogens is 1. The van der Waals surface area contributed by atoms with Gasteiger partial charge in [0, 0.05) is 4.88 Å². The van der Waals surface area contributed by atoms with E-state index in [1.54, 1.807) is 0 Å². The highest BCUT2D eigenvalue weighted by Gasteiger charge is 2.27. The monoisotopic (exact) mass is 320 g/mol. The number of amides is 2. The average molecular weight is 320 g/mol. The Bertz CT molecular complexity index is 708. The Morgan fingerprint density at radius 3 is 3.00 bits per heavy atom. The predicted octanol–water partition coefficient (Wildman–Crippen LogP) is 0.666. The van der Waals surface area contributed by atoms with Gasteiger partial charge in [-0.05, 0) is 30.7 Å². The first-order valence-corrected chi connectivity index (χ1v) is 7.82. The molecule has 9 heteroatoms. The second-order valence-corrected chi connectivity index (χ2v) is 6.58. The minimum Gasteiger partial charge on any atom is -0.365 e. The molecule has 4 N–H and O–H groups in total. The Labute approximate surface area is 130 Å². The number of nitrogens with one attached hydrogen (secondary N) is 2. The molecular formula is C13H16N6O2S. The summed E-state index contributed by atoms with van der Waals surface area (Å²) in [5.74, 6) is 0.0836. The molecule has 1 aliphatic rings. The molecule has 3 rings (SSSR count). The highest BCUT2D eigenvalue weighted by atomic mass is 32.1. The summed E-state index contributed by atoms with van der Waals surface area (Å²) >= 11 is 1.44. The van der Waals surface area contributed by atoms with Crippen LogP contribution in [0.4, 0.5) is 5.00 Å². The van der Waals surface area contributed by atoms with E-state index in [-0.39, 0.29) is 12.3 Å². The van der Waals surface area contributed by atoms with Gasteiger partial charge in [-0.25, -0.2) is 0 Å². The van der Waals surface area contributed by atoms with Crippen molar-refractivity contribution in [1.29, 1.82) is 0 Å². The van der Waals surface area contributed by atoms with Crippen molar-refractivity contribution in [2.75, 3.05) is 5.32 Å². The molecule has 1 atom stereocenters. The van der Waals surface area contributed by atoms with Crippen molar-refractivity contribution in [2.24, 2.45) is 11.7 Å². The topological polar surface area (TPSA) is 127 Å². The standard InChI is InChI=1S/C13H16N6O2S/c1-6-2-3-7-8(4-6)22-13(11(7)12(14)21)15-10(20)5-9-16-18-19-17-9/h6H,2-5H2,1H3,(H2,14,21)(H,15,20)(H,16,17,18,19). The number of primary amides is 1. The van der Waals surface area contributed by atoms with Crippen LogP contribution < -0.4 is 11.1 Å². The maximum atomic E-state index is 12.1. The van der Waals surface area contributed by atoms with Gasteiger partial charge >= 0.3 is 0 Å². The fraction of sp³-hybridized carbons (Fsp3) is 0.462. The van der Waals surface area contributed by atoms with Crippen LogP contribution in [0.2, 0.25) is 0 Å². The SMILES string of the molecule is CC1CCc2c(sc(NC(=O)Cc3nn[nH]n3)c2C(N)=O)C1. The van der Waals surface area contributed by atoms with Gasteiger partial charge in [0.2, 0.25) is 5.91 Å². The number of aromatic nitrogens is 4. The molecule has 0 fully saturated rings. The summed E-state index contributed by atoms with van der Waals surface area (Å²) in [4.78, 5) is 25.0. The van der Waals surface area contributed by atoms with Crippen molar-refractivity contribution in [1.82, 2.24) is 20.6 Å². The molecule has 0 radical (unpaired) electrons. The summed E-state index contributed by atoms with van der Waals surface area (Å²) in [7, 11) is 0. The quantitative estimate of drug-likeness (QED) is 0.763. The number of tetrazole rings is 1. The molecule has 1 unspecified atom stereocenters. The molecule has 0 spiro atoms. The summed E-state index contributed by atoms with van der Waals surface area (Å²) in [6.07, 6.45) is 2.76. The van der Waals surface area contributed by atoms with Crippen molar-refractivity contribution >= 4 is 28.2 Å². The van der Waals surface area contributed by atoms with Crippen molar-refractivity contribution in [3.8, 4) is 0 Å². The van der Waals surface area contributed by atoms with Gasteiger partial charge in [-0.3, -0.25) is 9.59 Å². The molecule has 2 amide bonds. The van der Waals surface area contributed by atoms with Crippen LogP contribution >= 0.6 is 11.3 Å². The van der Waals surface area contributed by atoms with Gasteiger partial charge in [-0.15, -0.1) is 21.5 Å². The van der Waals surface area contributed by atoms with Crippen LogP contribution in [-0.2, 0) is 24.1 Å². The number of aromatic amines is 1. The lowest BCUT2D eigenvalue weighted by Gasteiger charge is -2.18. The van der Waals surface area contributed by atoms with Crippen LogP contribution in [0, 0.1) is 5.92 Å². The Balaban J connectivity index is 1.84. The molecule has 2 aromatic rings. The van der Waals surface area contributed by atoms with Crippen LogP contribution in [-0.4, -0.2) is 32.4 Å². The highest BCUT2D eigenvalue weighted by Crippen LogP contribution is 2.39. The number of nitrogens with zero attached hydrogens (tertiary/aromatic N) is 3. The molecule has 8 nitrogen and oxygen atoms in total. The van der Waals surface area contributed by atoms with Crippen molar-refractivity contribution in [2.45, 2.75) is 32.6 Å². The average Bonchev–Trinajstić information content (AvgIpc) is 3.04. The molecular weight excluding hydrogens is 304 g/mol. The maximum absolute atomic E-state index is 12.1. The molecule has 0 saturated heterocycles. The van der Waals surface area contributed by atoms with E-state index in [0.717, 1.165) is 29.7 Å². The summed E-state index contributed by atoms with van der Waals surface area (Å²) in [6.45, 7) is 2.18. The van der Waals surface area contributed by atoms with Crippen LogP contribution in [0.25, 0.3) is 0 Å². The van der Waals surface area contributed by atoms with E-state index < -0.39 is 5.91 Å². The first-order chi connectivity index (χ1) is 10.5. The van der Waals surface area contributed by atoms with E-state index in [4.69, 9.17) is 5.73 Å². The first kappa shape index (κ1) is 14.6. The fourth-order valence-corrected chi connectivity index (χ4v) is 4.10. The number of hydrogen-bond donors (Lipinski definition) is 3. The zero-order valence-corrected chi connectivity index (χ0v) is 12.9. The summed E-state index contributed by atoms with van der Waals surface area (Å²) < 4.78 is 0. The number of fused-ring (bicyclic) bond motifs is 1. The second kappa shape index (κ2) is 5.84. The lowest BCUT2D eigenvalue weighted by Crippen LogP contribution is -2.20. The van der Waals surface area contributed by atoms with E-state index in [2.05, 4.69) is 32.9 Å². The summed E-state index contributed by atoms with van der Waals surface area (Å²) in [6, 6.07) is 0. The first-order valence-electron chi connectivity index (χ1n) is 7.01. The Morgan fingerprint density at radius 1 is 1.50 bits per heavy atom. The zero-order chi connectivity index (χ0) is 15.7. The molecule has 116 valence electrons. The van der Waals surface area contributed by atoms with Crippen molar-refractivity contribution in [3.63, 3.8) is 0 Å². The van der Waals surface area contributed by atoms with Gasteiger partial charge in [0.15, 0.2) is 5.82 Å². The predicted molar refractivity (Wildman–Crippen MR) is 80.5 cm³/mol. The number of carbonyl (C=O) groups is 2. The number of hydrogen-bond acceptors (Lipinski definition) is 6. The molecule has 0 saturated carbocycles. The van der Waals surface area contributed by atoms with Gasteiger partial charge < -0.3 is 11.1 Å². The van der Waals surface area contributed by atoms with Crippen molar-refractivity contribution in [3.05, 3.63) is 21.8 Å². The maximum Gasteiger partial charge on any atom is 0.251 e. The van der Waals surface area contributed by atoms with E-state index >= 15 is 0 Å². The van der Waals surface area contributed by atoms with Crippen molar-refractivity contribution < 1.29 is 9.59 Å². The third-order valence-electron chi connectivity index (χ3n) is 3.72. The number of anilines is 1. The third-order valence-corrected chi connectivity index (χ3v) is 4.89. The van der Waals surface area contributed by atoms with Crippen LogP contribution in [0.1, 0.15) is 40.0 Å². The Hall–Kier alpha value is -2.29. The molecule has 2 heterocycles.